The number of rotatable bonds is 4. The van der Waals surface area contributed by atoms with Gasteiger partial charge in [-0.05, 0) is 30.5 Å². The van der Waals surface area contributed by atoms with E-state index in [4.69, 9.17) is 28.3 Å². The first kappa shape index (κ1) is 18.9. The molecule has 1 heterocycles. The Balaban J connectivity index is 2.01. The van der Waals surface area contributed by atoms with E-state index in [9.17, 15) is 22.8 Å². The van der Waals surface area contributed by atoms with Gasteiger partial charge in [0.25, 0.3) is 0 Å². The van der Waals surface area contributed by atoms with Crippen molar-refractivity contribution in [2.45, 2.75) is 25.4 Å². The maximum absolute atomic E-state index is 13.1. The van der Waals surface area contributed by atoms with E-state index in [2.05, 4.69) is 0 Å². The molecule has 2 rings (SSSR count). The van der Waals surface area contributed by atoms with Crippen LogP contribution in [0.15, 0.2) is 18.2 Å². The average Bonchev–Trinajstić information content (AvgIpc) is 2.94. The van der Waals surface area contributed by atoms with Gasteiger partial charge in [0.05, 0.1) is 10.0 Å². The SMILES string of the molecule is O=C(CCc1ccc(Cl)c(Cl)c1)N1CCC(C(=O)O)(C(F)(F)F)C1. The third-order valence-electron chi connectivity index (χ3n) is 4.19. The van der Waals surface area contributed by atoms with E-state index in [0.29, 0.717) is 10.0 Å². The third kappa shape index (κ3) is 3.62. The van der Waals surface area contributed by atoms with Gasteiger partial charge in [0.2, 0.25) is 5.91 Å². The summed E-state index contributed by atoms with van der Waals surface area (Å²) >= 11 is 11.6. The van der Waals surface area contributed by atoms with E-state index >= 15 is 0 Å². The van der Waals surface area contributed by atoms with Crippen LogP contribution in [0.3, 0.4) is 0 Å². The molecule has 1 fully saturated rings. The van der Waals surface area contributed by atoms with Crippen LogP contribution in [0.5, 0.6) is 0 Å². The second-order valence-electron chi connectivity index (χ2n) is 5.70. The summed E-state index contributed by atoms with van der Waals surface area (Å²) in [6.45, 7) is -1.09. The number of carbonyl (C=O) groups excluding carboxylic acids is 1. The molecule has 9 heteroatoms. The summed E-state index contributed by atoms with van der Waals surface area (Å²) in [5.74, 6) is -2.47. The fourth-order valence-electron chi connectivity index (χ4n) is 2.65. The Morgan fingerprint density at radius 3 is 2.42 bits per heavy atom. The van der Waals surface area contributed by atoms with Gasteiger partial charge in [0.15, 0.2) is 5.41 Å². The molecule has 1 aliphatic rings. The number of carboxylic acids is 1. The minimum atomic E-state index is -4.91. The molecule has 1 N–H and O–H groups in total. The number of hydrogen-bond acceptors (Lipinski definition) is 2. The van der Waals surface area contributed by atoms with Crippen LogP contribution < -0.4 is 0 Å². The summed E-state index contributed by atoms with van der Waals surface area (Å²) in [5, 5.41) is 9.67. The minimum Gasteiger partial charge on any atom is -0.481 e. The highest BCUT2D eigenvalue weighted by Crippen LogP contribution is 2.45. The Morgan fingerprint density at radius 2 is 1.92 bits per heavy atom. The van der Waals surface area contributed by atoms with E-state index in [1.165, 1.54) is 0 Å². The van der Waals surface area contributed by atoms with Gasteiger partial charge in [-0.15, -0.1) is 0 Å². The van der Waals surface area contributed by atoms with Gasteiger partial charge in [0, 0.05) is 19.5 Å². The second-order valence-corrected chi connectivity index (χ2v) is 6.51. The van der Waals surface area contributed by atoms with E-state index in [1.807, 2.05) is 0 Å². The molecule has 0 radical (unpaired) electrons. The van der Waals surface area contributed by atoms with E-state index in [0.717, 1.165) is 10.5 Å². The summed E-state index contributed by atoms with van der Waals surface area (Å²) in [6.07, 6.45) is -5.30. The summed E-state index contributed by atoms with van der Waals surface area (Å²) in [5.41, 5.74) is -2.16. The van der Waals surface area contributed by atoms with E-state index in [1.54, 1.807) is 18.2 Å². The molecule has 24 heavy (non-hydrogen) atoms. The zero-order valence-electron chi connectivity index (χ0n) is 12.4. The van der Waals surface area contributed by atoms with Crippen molar-refractivity contribution in [1.29, 1.82) is 0 Å². The molecular weight excluding hydrogens is 370 g/mol. The van der Waals surface area contributed by atoms with Gasteiger partial charge in [0.1, 0.15) is 0 Å². The highest BCUT2D eigenvalue weighted by Gasteiger charge is 2.64. The zero-order valence-corrected chi connectivity index (χ0v) is 13.9. The molecule has 1 atom stereocenters. The predicted octanol–water partition coefficient (Wildman–Crippen LogP) is 3.79. The first-order chi connectivity index (χ1) is 11.1. The van der Waals surface area contributed by atoms with Crippen LogP contribution in [-0.2, 0) is 16.0 Å². The number of carbonyl (C=O) groups is 2. The smallest absolute Gasteiger partial charge is 0.406 e. The van der Waals surface area contributed by atoms with Gasteiger partial charge in [-0.25, -0.2) is 0 Å². The Morgan fingerprint density at radius 1 is 1.25 bits per heavy atom. The lowest BCUT2D eigenvalue weighted by molar-refractivity contribution is -0.227. The molecule has 1 saturated heterocycles. The molecule has 132 valence electrons. The summed E-state index contributed by atoms with van der Waals surface area (Å²) < 4.78 is 39.3. The Labute approximate surface area is 146 Å². The summed E-state index contributed by atoms with van der Waals surface area (Å²) in [4.78, 5) is 24.2. The van der Waals surface area contributed by atoms with Crippen LogP contribution in [0.2, 0.25) is 10.0 Å². The first-order valence-electron chi connectivity index (χ1n) is 7.09. The maximum Gasteiger partial charge on any atom is 0.406 e. The maximum atomic E-state index is 13.1. The van der Waals surface area contributed by atoms with Crippen molar-refractivity contribution >= 4 is 35.1 Å². The number of halogens is 5. The largest absolute Gasteiger partial charge is 0.481 e. The molecule has 0 spiro atoms. The van der Waals surface area contributed by atoms with Crippen LogP contribution >= 0.6 is 23.2 Å². The fraction of sp³-hybridized carbons (Fsp3) is 0.467. The van der Waals surface area contributed by atoms with Gasteiger partial charge in [-0.3, -0.25) is 9.59 Å². The number of benzene rings is 1. The quantitative estimate of drug-likeness (QED) is 0.860. The van der Waals surface area contributed by atoms with Crippen molar-refractivity contribution in [3.63, 3.8) is 0 Å². The van der Waals surface area contributed by atoms with Crippen molar-refractivity contribution in [3.05, 3.63) is 33.8 Å². The van der Waals surface area contributed by atoms with Crippen LogP contribution in [0.25, 0.3) is 0 Å². The monoisotopic (exact) mass is 383 g/mol. The molecule has 1 aliphatic heterocycles. The molecular formula is C15H14Cl2F3NO3. The van der Waals surface area contributed by atoms with Gasteiger partial charge in [-0.1, -0.05) is 29.3 Å². The van der Waals surface area contributed by atoms with E-state index < -0.39 is 36.4 Å². The standard InChI is InChI=1S/C15H14Cl2F3NO3/c16-10-3-1-9(7-11(10)17)2-4-12(22)21-6-5-14(8-21,13(23)24)15(18,19)20/h1,3,7H,2,4-6,8H2,(H,23,24). The Hall–Kier alpha value is -1.47. The molecule has 0 bridgehead atoms. The van der Waals surface area contributed by atoms with Gasteiger partial charge < -0.3 is 10.0 Å². The van der Waals surface area contributed by atoms with Crippen molar-refractivity contribution in [2.75, 3.05) is 13.1 Å². The third-order valence-corrected chi connectivity index (χ3v) is 4.92. The molecule has 1 amide bonds. The highest BCUT2D eigenvalue weighted by atomic mass is 35.5. The highest BCUT2D eigenvalue weighted by molar-refractivity contribution is 6.42. The number of aliphatic carboxylic acids is 1. The number of hydrogen-bond donors (Lipinski definition) is 1. The van der Waals surface area contributed by atoms with Crippen LogP contribution in [-0.4, -0.2) is 41.1 Å². The van der Waals surface area contributed by atoms with Crippen LogP contribution in [0.1, 0.15) is 18.4 Å². The predicted molar refractivity (Wildman–Crippen MR) is 82.1 cm³/mol. The number of carboxylic acid groups (broad SMARTS) is 1. The molecule has 0 saturated carbocycles. The minimum absolute atomic E-state index is 0.0362. The Kier molecular flexibility index (Phi) is 5.34. The summed E-state index contributed by atoms with van der Waals surface area (Å²) in [7, 11) is 0. The molecule has 1 aromatic rings. The number of aryl methyl sites for hydroxylation is 1. The lowest BCUT2D eigenvalue weighted by Crippen LogP contribution is -2.47. The molecule has 1 aromatic carbocycles. The van der Waals surface area contributed by atoms with E-state index in [-0.39, 0.29) is 19.4 Å². The van der Waals surface area contributed by atoms with Crippen molar-refractivity contribution < 1.29 is 27.9 Å². The fourth-order valence-corrected chi connectivity index (χ4v) is 2.98. The lowest BCUT2D eigenvalue weighted by Gasteiger charge is -2.27. The molecule has 4 nitrogen and oxygen atoms in total. The van der Waals surface area contributed by atoms with Crippen LogP contribution in [0, 0.1) is 5.41 Å². The first-order valence-corrected chi connectivity index (χ1v) is 7.84. The summed E-state index contributed by atoms with van der Waals surface area (Å²) in [6, 6.07) is 4.82. The second kappa shape index (κ2) is 6.80. The van der Waals surface area contributed by atoms with Gasteiger partial charge >= 0.3 is 12.1 Å². The number of alkyl halides is 3. The van der Waals surface area contributed by atoms with Crippen molar-refractivity contribution in [3.8, 4) is 0 Å². The lowest BCUT2D eigenvalue weighted by atomic mass is 9.86. The molecule has 0 aliphatic carbocycles. The Bertz CT molecular complexity index is 666. The van der Waals surface area contributed by atoms with Gasteiger partial charge in [-0.2, -0.15) is 13.2 Å². The zero-order chi connectivity index (χ0) is 18.1. The van der Waals surface area contributed by atoms with Crippen molar-refractivity contribution in [1.82, 2.24) is 4.90 Å². The van der Waals surface area contributed by atoms with Crippen molar-refractivity contribution in [2.24, 2.45) is 5.41 Å². The van der Waals surface area contributed by atoms with Crippen LogP contribution in [0.4, 0.5) is 13.2 Å². The number of likely N-dealkylation sites (tertiary alicyclic amines) is 1. The number of nitrogens with zero attached hydrogens (tertiary/aromatic N) is 1. The topological polar surface area (TPSA) is 57.6 Å². The molecule has 1 unspecified atom stereocenters. The number of amides is 1. The normalized spacial score (nSPS) is 21.1. The molecule has 0 aromatic heterocycles. The average molecular weight is 384 g/mol.